The molecular formula is C19H16F4N2O5S. The molecule has 7 nitrogen and oxygen atoms in total. The first-order valence-corrected chi connectivity index (χ1v) is 10.1. The summed E-state index contributed by atoms with van der Waals surface area (Å²) in [6, 6.07) is 9.72. The predicted octanol–water partition coefficient (Wildman–Crippen LogP) is 3.48. The number of nitrogens with zero attached hydrogens (tertiary/aromatic N) is 2. The van der Waals surface area contributed by atoms with Crippen LogP contribution in [0.4, 0.5) is 17.6 Å². The number of aromatic nitrogens is 1. The maximum atomic E-state index is 14.7. The normalized spacial score (nSPS) is 12.4. The van der Waals surface area contributed by atoms with Gasteiger partial charge in [0, 0.05) is 30.3 Å². The van der Waals surface area contributed by atoms with Gasteiger partial charge in [-0.3, -0.25) is 0 Å². The molecule has 0 amide bonds. The van der Waals surface area contributed by atoms with E-state index in [4.69, 9.17) is 4.74 Å². The van der Waals surface area contributed by atoms with Gasteiger partial charge in [0.2, 0.25) is 0 Å². The highest BCUT2D eigenvalue weighted by atomic mass is 32.2. The number of ether oxygens (including phenoxy) is 1. The summed E-state index contributed by atoms with van der Waals surface area (Å²) in [5, 5.41) is 0.739. The van der Waals surface area contributed by atoms with Crippen molar-refractivity contribution in [3.8, 4) is 5.75 Å². The zero-order valence-electron chi connectivity index (χ0n) is 16.2. The van der Waals surface area contributed by atoms with Crippen LogP contribution in [0.15, 0.2) is 53.6 Å². The van der Waals surface area contributed by atoms with Crippen LogP contribution in [0, 0.1) is 5.82 Å². The first kappa shape index (κ1) is 22.6. The molecule has 0 atom stereocenters. The predicted molar refractivity (Wildman–Crippen MR) is 101 cm³/mol. The lowest BCUT2D eigenvalue weighted by Crippen LogP contribution is -2.32. The van der Waals surface area contributed by atoms with E-state index in [0.29, 0.717) is 5.06 Å². The standard InChI is InChI=1S/C19H16F4N2O5S/c1-24(30-18(26)19(21,22)23)11-14-13-8-9-25(16(13)10-15(20)17(14)29-2)31(27,28)12-6-4-3-5-7-12/h3-10H,11H2,1-2H3. The van der Waals surface area contributed by atoms with E-state index < -0.39 is 34.5 Å². The minimum Gasteiger partial charge on any atom is -0.493 e. The number of hydrogen-bond acceptors (Lipinski definition) is 6. The number of carbonyl (C=O) groups is 1. The minimum absolute atomic E-state index is 0.00279. The Labute approximate surface area is 174 Å². The Morgan fingerprint density at radius 3 is 2.39 bits per heavy atom. The number of rotatable bonds is 6. The fraction of sp³-hybridized carbons (Fsp3) is 0.211. The maximum absolute atomic E-state index is 14.7. The van der Waals surface area contributed by atoms with Crippen LogP contribution in [-0.4, -0.2) is 43.8 Å². The second-order valence-corrected chi connectivity index (χ2v) is 8.21. The molecule has 0 spiro atoms. The van der Waals surface area contributed by atoms with Crippen molar-refractivity contribution in [1.29, 1.82) is 0 Å². The molecule has 0 N–H and O–H groups in total. The van der Waals surface area contributed by atoms with Gasteiger partial charge in [0.1, 0.15) is 0 Å². The van der Waals surface area contributed by atoms with Crippen molar-refractivity contribution in [3.05, 3.63) is 60.0 Å². The van der Waals surface area contributed by atoms with E-state index in [1.807, 2.05) is 0 Å². The quantitative estimate of drug-likeness (QED) is 0.414. The third-order valence-electron chi connectivity index (χ3n) is 4.32. The molecule has 1 aromatic heterocycles. The third kappa shape index (κ3) is 4.35. The van der Waals surface area contributed by atoms with E-state index >= 15 is 0 Å². The van der Waals surface area contributed by atoms with Gasteiger partial charge in [-0.1, -0.05) is 18.2 Å². The highest BCUT2D eigenvalue weighted by molar-refractivity contribution is 7.90. The Kier molecular flexibility index (Phi) is 5.96. The smallest absolute Gasteiger partial charge is 0.492 e. The molecule has 0 saturated heterocycles. The SMILES string of the molecule is COc1c(F)cc2c(ccn2S(=O)(=O)c2ccccc2)c1CN(C)OC(=O)C(F)(F)F. The van der Waals surface area contributed by atoms with Crippen molar-refractivity contribution in [3.63, 3.8) is 0 Å². The van der Waals surface area contributed by atoms with Crippen LogP contribution in [0.5, 0.6) is 5.75 Å². The lowest BCUT2D eigenvalue weighted by Gasteiger charge is -2.19. The summed E-state index contributed by atoms with van der Waals surface area (Å²) in [7, 11) is -1.90. The number of alkyl halides is 3. The number of hydroxylamine groups is 2. The molecule has 166 valence electrons. The van der Waals surface area contributed by atoms with Crippen molar-refractivity contribution in [1.82, 2.24) is 9.04 Å². The van der Waals surface area contributed by atoms with Crippen LogP contribution >= 0.6 is 0 Å². The van der Waals surface area contributed by atoms with Gasteiger partial charge in [-0.05, 0) is 18.2 Å². The second kappa shape index (κ2) is 8.19. The molecule has 0 unspecified atom stereocenters. The summed E-state index contributed by atoms with van der Waals surface area (Å²) in [6.45, 7) is -0.505. The Balaban J connectivity index is 2.09. The van der Waals surface area contributed by atoms with Crippen molar-refractivity contribution in [2.24, 2.45) is 0 Å². The molecule has 3 rings (SSSR count). The first-order chi connectivity index (χ1) is 14.5. The summed E-state index contributed by atoms with van der Waals surface area (Å²) in [5.74, 6) is -3.72. The van der Waals surface area contributed by atoms with Crippen LogP contribution < -0.4 is 4.74 Å². The van der Waals surface area contributed by atoms with Gasteiger partial charge in [0.25, 0.3) is 10.0 Å². The van der Waals surface area contributed by atoms with Crippen molar-refractivity contribution in [2.75, 3.05) is 14.2 Å². The molecule has 1 heterocycles. The third-order valence-corrected chi connectivity index (χ3v) is 6.03. The summed E-state index contributed by atoms with van der Waals surface area (Å²) >= 11 is 0. The van der Waals surface area contributed by atoms with Gasteiger partial charge in [-0.15, -0.1) is 5.06 Å². The Morgan fingerprint density at radius 2 is 1.81 bits per heavy atom. The van der Waals surface area contributed by atoms with E-state index in [0.717, 1.165) is 24.2 Å². The largest absolute Gasteiger partial charge is 0.493 e. The lowest BCUT2D eigenvalue weighted by atomic mass is 10.1. The van der Waals surface area contributed by atoms with Crippen molar-refractivity contribution >= 4 is 26.9 Å². The number of methoxy groups -OCH3 is 1. The van der Waals surface area contributed by atoms with E-state index in [-0.39, 0.29) is 27.1 Å². The maximum Gasteiger partial charge on any atom is 0.492 e. The van der Waals surface area contributed by atoms with Crippen LogP contribution in [0.3, 0.4) is 0 Å². The van der Waals surface area contributed by atoms with Crippen LogP contribution in [0.1, 0.15) is 5.56 Å². The van der Waals surface area contributed by atoms with E-state index in [1.54, 1.807) is 6.07 Å². The number of halogens is 4. The monoisotopic (exact) mass is 460 g/mol. The van der Waals surface area contributed by atoms with Gasteiger partial charge >= 0.3 is 12.1 Å². The van der Waals surface area contributed by atoms with Gasteiger partial charge in [-0.25, -0.2) is 21.6 Å². The summed E-state index contributed by atoms with van der Waals surface area (Å²) in [5.41, 5.74) is -0.0651. The minimum atomic E-state index is -5.22. The molecule has 0 aliphatic rings. The summed E-state index contributed by atoms with van der Waals surface area (Å²) in [4.78, 5) is 15.2. The topological polar surface area (TPSA) is 77.8 Å². The molecule has 0 aliphatic heterocycles. The lowest BCUT2D eigenvalue weighted by molar-refractivity contribution is -0.235. The van der Waals surface area contributed by atoms with Gasteiger partial charge in [-0.2, -0.15) is 13.2 Å². The summed E-state index contributed by atoms with van der Waals surface area (Å²) in [6.07, 6.45) is -4.03. The molecule has 0 fully saturated rings. The van der Waals surface area contributed by atoms with Crippen LogP contribution in [0.25, 0.3) is 10.9 Å². The molecule has 2 aromatic carbocycles. The second-order valence-electron chi connectivity index (χ2n) is 6.40. The number of hydrogen-bond donors (Lipinski definition) is 0. The molecule has 0 aliphatic carbocycles. The first-order valence-electron chi connectivity index (χ1n) is 8.64. The molecule has 12 heteroatoms. The average molecular weight is 460 g/mol. The highest BCUT2D eigenvalue weighted by Gasteiger charge is 2.42. The Hall–Kier alpha value is -3.12. The molecule has 31 heavy (non-hydrogen) atoms. The highest BCUT2D eigenvalue weighted by Crippen LogP contribution is 2.34. The van der Waals surface area contributed by atoms with E-state index in [2.05, 4.69) is 4.84 Å². The van der Waals surface area contributed by atoms with Crippen LogP contribution in [0.2, 0.25) is 0 Å². The Bertz CT molecular complexity index is 1220. The van der Waals surface area contributed by atoms with Crippen molar-refractivity contribution in [2.45, 2.75) is 17.6 Å². The fourth-order valence-corrected chi connectivity index (χ4v) is 4.38. The molecular weight excluding hydrogens is 444 g/mol. The van der Waals surface area contributed by atoms with E-state index in [1.165, 1.54) is 36.5 Å². The van der Waals surface area contributed by atoms with E-state index in [9.17, 15) is 30.8 Å². The van der Waals surface area contributed by atoms with Crippen molar-refractivity contribution < 1.29 is 40.3 Å². The van der Waals surface area contributed by atoms with Gasteiger partial charge in [0.15, 0.2) is 11.6 Å². The number of fused-ring (bicyclic) bond motifs is 1. The average Bonchev–Trinajstić information content (AvgIpc) is 3.12. The Morgan fingerprint density at radius 1 is 1.16 bits per heavy atom. The zero-order valence-corrected chi connectivity index (χ0v) is 17.0. The van der Waals surface area contributed by atoms with Gasteiger partial charge in [0.05, 0.1) is 24.1 Å². The molecule has 0 bridgehead atoms. The fourth-order valence-electron chi connectivity index (χ4n) is 3.02. The number of benzene rings is 2. The van der Waals surface area contributed by atoms with Crippen LogP contribution in [-0.2, 0) is 26.2 Å². The molecule has 3 aromatic rings. The van der Waals surface area contributed by atoms with Gasteiger partial charge < -0.3 is 9.57 Å². The summed E-state index contributed by atoms with van der Waals surface area (Å²) < 4.78 is 83.8. The molecule has 0 saturated carbocycles. The zero-order chi connectivity index (χ0) is 23.0. The number of carbonyl (C=O) groups excluding carboxylic acids is 1. The molecule has 0 radical (unpaired) electrons.